The fraction of sp³-hybridized carbons (Fsp3) is 0.231. The molecule has 1 aromatic rings. The molecule has 0 N–H and O–H groups in total. The van der Waals surface area contributed by atoms with Gasteiger partial charge in [-0.05, 0) is 23.9 Å². The zero-order valence-electron chi connectivity index (χ0n) is 11.1. The molecule has 0 aromatic heterocycles. The minimum absolute atomic E-state index is 0.110. The van der Waals surface area contributed by atoms with E-state index in [2.05, 4.69) is 0 Å². The molecule has 1 aliphatic rings. The van der Waals surface area contributed by atoms with Gasteiger partial charge in [-0.3, -0.25) is 24.6 Å². The third kappa shape index (κ3) is 3.29. The van der Waals surface area contributed by atoms with Crippen molar-refractivity contribution in [1.29, 1.82) is 0 Å². The Labute approximate surface area is 124 Å². The molecule has 1 saturated heterocycles. The second-order valence-corrected chi connectivity index (χ2v) is 5.14. The maximum Gasteiger partial charge on any atom is 0.293 e. The van der Waals surface area contributed by atoms with Crippen LogP contribution in [0.5, 0.6) is 0 Å². The molecule has 1 fully saturated rings. The van der Waals surface area contributed by atoms with Crippen molar-refractivity contribution in [2.45, 2.75) is 0 Å². The van der Waals surface area contributed by atoms with Gasteiger partial charge in [0.1, 0.15) is 0 Å². The smallest absolute Gasteiger partial charge is 0.293 e. The Balaban J connectivity index is 2.29. The number of nitrogens with zero attached hydrogens (tertiary/aromatic N) is 2. The van der Waals surface area contributed by atoms with E-state index in [1.807, 2.05) is 0 Å². The summed E-state index contributed by atoms with van der Waals surface area (Å²) in [5, 5.41) is 10.5. The van der Waals surface area contributed by atoms with E-state index >= 15 is 0 Å². The minimum Gasteiger partial charge on any atom is -0.383 e. The first-order valence-corrected chi connectivity index (χ1v) is 6.84. The number of carbonyl (C=O) groups excluding carboxylic acids is 2. The molecule has 7 nitrogen and oxygen atoms in total. The quantitative estimate of drug-likeness (QED) is 0.471. The predicted molar refractivity (Wildman–Crippen MR) is 77.6 cm³/mol. The standard InChI is InChI=1S/C13H12N2O5S/c1-20-7-6-14-12(16)11(21-13(14)17)8-9-4-2-3-5-10(9)15(18)19/h2-5,8H,6-7H2,1H3/b11-8+. The predicted octanol–water partition coefficient (Wildman–Crippen LogP) is 2.28. The van der Waals surface area contributed by atoms with Gasteiger partial charge in [-0.2, -0.15) is 0 Å². The van der Waals surface area contributed by atoms with E-state index in [0.29, 0.717) is 5.56 Å². The highest BCUT2D eigenvalue weighted by Crippen LogP contribution is 2.33. The van der Waals surface area contributed by atoms with Crippen molar-refractivity contribution in [2.75, 3.05) is 20.3 Å². The van der Waals surface area contributed by atoms with E-state index in [9.17, 15) is 19.7 Å². The van der Waals surface area contributed by atoms with E-state index in [0.717, 1.165) is 16.7 Å². The molecule has 0 unspecified atom stereocenters. The van der Waals surface area contributed by atoms with Gasteiger partial charge in [0.05, 0.1) is 28.5 Å². The topological polar surface area (TPSA) is 89.8 Å². The van der Waals surface area contributed by atoms with Crippen molar-refractivity contribution in [3.8, 4) is 0 Å². The van der Waals surface area contributed by atoms with E-state index < -0.39 is 16.1 Å². The highest BCUT2D eigenvalue weighted by Gasteiger charge is 2.35. The molecule has 1 aromatic carbocycles. The molecule has 0 bridgehead atoms. The molecule has 110 valence electrons. The van der Waals surface area contributed by atoms with Crippen LogP contribution in [-0.2, 0) is 9.53 Å². The van der Waals surface area contributed by atoms with E-state index in [-0.39, 0.29) is 23.7 Å². The summed E-state index contributed by atoms with van der Waals surface area (Å²) in [6.07, 6.45) is 1.37. The summed E-state index contributed by atoms with van der Waals surface area (Å²) in [5.41, 5.74) is 0.181. The summed E-state index contributed by atoms with van der Waals surface area (Å²) in [7, 11) is 1.47. The molecule has 21 heavy (non-hydrogen) atoms. The van der Waals surface area contributed by atoms with Gasteiger partial charge in [-0.15, -0.1) is 0 Å². The van der Waals surface area contributed by atoms with Crippen molar-refractivity contribution < 1.29 is 19.2 Å². The number of imide groups is 1. The molecular formula is C13H12N2O5S. The molecule has 2 rings (SSSR count). The molecule has 0 radical (unpaired) electrons. The number of ether oxygens (including phenoxy) is 1. The third-order valence-electron chi connectivity index (χ3n) is 2.81. The number of hydrogen-bond donors (Lipinski definition) is 0. The SMILES string of the molecule is COCCN1C(=O)S/C(=C/c2ccccc2[N+](=O)[O-])C1=O. The lowest BCUT2D eigenvalue weighted by Crippen LogP contribution is -2.31. The van der Waals surface area contributed by atoms with Crippen molar-refractivity contribution in [3.63, 3.8) is 0 Å². The van der Waals surface area contributed by atoms with Crippen LogP contribution in [0, 0.1) is 10.1 Å². The van der Waals surface area contributed by atoms with Crippen LogP contribution in [0.15, 0.2) is 29.2 Å². The Kier molecular flexibility index (Phi) is 4.71. The Hall–Kier alpha value is -2.19. The molecule has 1 aliphatic heterocycles. The van der Waals surface area contributed by atoms with Crippen LogP contribution in [0.3, 0.4) is 0 Å². The van der Waals surface area contributed by atoms with Gasteiger partial charge in [-0.1, -0.05) is 12.1 Å². The van der Waals surface area contributed by atoms with E-state index in [1.165, 1.54) is 25.3 Å². The molecule has 0 spiro atoms. The lowest BCUT2D eigenvalue weighted by Gasteiger charge is -2.10. The number of methoxy groups -OCH3 is 1. The zero-order valence-corrected chi connectivity index (χ0v) is 12.0. The summed E-state index contributed by atoms with van der Waals surface area (Å²) in [6.45, 7) is 0.409. The van der Waals surface area contributed by atoms with Crippen molar-refractivity contribution in [2.24, 2.45) is 0 Å². The van der Waals surface area contributed by atoms with E-state index in [4.69, 9.17) is 4.74 Å². The number of hydrogen-bond acceptors (Lipinski definition) is 6. The lowest BCUT2D eigenvalue weighted by molar-refractivity contribution is -0.385. The third-order valence-corrected chi connectivity index (χ3v) is 3.72. The molecule has 2 amide bonds. The normalized spacial score (nSPS) is 16.8. The molecule has 0 atom stereocenters. The van der Waals surface area contributed by atoms with E-state index in [1.54, 1.807) is 12.1 Å². The first-order valence-electron chi connectivity index (χ1n) is 6.02. The number of nitro groups is 1. The van der Waals surface area contributed by atoms with Gasteiger partial charge in [0.25, 0.3) is 16.8 Å². The van der Waals surface area contributed by atoms with Crippen LogP contribution in [0.2, 0.25) is 0 Å². The number of rotatable bonds is 5. The number of carbonyl (C=O) groups is 2. The van der Waals surface area contributed by atoms with Gasteiger partial charge in [0.2, 0.25) is 0 Å². The van der Waals surface area contributed by atoms with Gasteiger partial charge >= 0.3 is 0 Å². The minimum atomic E-state index is -0.527. The van der Waals surface area contributed by atoms with Gasteiger partial charge < -0.3 is 4.74 Å². The second kappa shape index (κ2) is 6.51. The molecule has 0 aliphatic carbocycles. The fourth-order valence-electron chi connectivity index (χ4n) is 1.79. The molecule has 0 saturated carbocycles. The van der Waals surface area contributed by atoms with Crippen LogP contribution in [-0.4, -0.2) is 41.2 Å². The number of thioether (sulfide) groups is 1. The molecule has 1 heterocycles. The van der Waals surface area contributed by atoms with Crippen molar-refractivity contribution in [3.05, 3.63) is 44.8 Å². The average Bonchev–Trinajstić information content (AvgIpc) is 2.72. The number of benzene rings is 1. The van der Waals surface area contributed by atoms with Crippen LogP contribution in [0.4, 0.5) is 10.5 Å². The Bertz CT molecular complexity index is 629. The summed E-state index contributed by atoms with van der Waals surface area (Å²) >= 11 is 0.768. The number of para-hydroxylation sites is 1. The highest BCUT2D eigenvalue weighted by molar-refractivity contribution is 8.18. The number of nitro benzene ring substituents is 1. The van der Waals surface area contributed by atoms with Gasteiger partial charge in [-0.25, -0.2) is 0 Å². The lowest BCUT2D eigenvalue weighted by atomic mass is 10.1. The van der Waals surface area contributed by atoms with Gasteiger partial charge in [0.15, 0.2) is 0 Å². The van der Waals surface area contributed by atoms with Crippen LogP contribution in [0.1, 0.15) is 5.56 Å². The first kappa shape index (κ1) is 15.2. The maximum absolute atomic E-state index is 12.1. The van der Waals surface area contributed by atoms with Crippen molar-refractivity contribution in [1.82, 2.24) is 4.90 Å². The molecule has 8 heteroatoms. The molecular weight excluding hydrogens is 296 g/mol. The van der Waals surface area contributed by atoms with Crippen LogP contribution in [0.25, 0.3) is 6.08 Å². The van der Waals surface area contributed by atoms with Crippen LogP contribution < -0.4 is 0 Å². The number of amides is 2. The average molecular weight is 308 g/mol. The monoisotopic (exact) mass is 308 g/mol. The Morgan fingerprint density at radius 2 is 2.10 bits per heavy atom. The van der Waals surface area contributed by atoms with Crippen LogP contribution >= 0.6 is 11.8 Å². The highest BCUT2D eigenvalue weighted by atomic mass is 32.2. The first-order chi connectivity index (χ1) is 10.0. The summed E-state index contributed by atoms with van der Waals surface area (Å²) in [6, 6.07) is 6.05. The fourth-order valence-corrected chi connectivity index (χ4v) is 2.65. The summed E-state index contributed by atoms with van der Waals surface area (Å²) < 4.78 is 4.84. The second-order valence-electron chi connectivity index (χ2n) is 4.14. The van der Waals surface area contributed by atoms with Crippen molar-refractivity contribution >= 4 is 34.7 Å². The Morgan fingerprint density at radius 3 is 2.76 bits per heavy atom. The van der Waals surface area contributed by atoms with Gasteiger partial charge in [0, 0.05) is 13.2 Å². The largest absolute Gasteiger partial charge is 0.383 e. The zero-order chi connectivity index (χ0) is 15.4. The Morgan fingerprint density at radius 1 is 1.38 bits per heavy atom. The summed E-state index contributed by atoms with van der Waals surface area (Å²) in [5.74, 6) is -0.458. The maximum atomic E-state index is 12.1. The summed E-state index contributed by atoms with van der Waals surface area (Å²) in [4.78, 5) is 35.5.